The molecule has 1 rings (SSSR count). The molecule has 0 fully saturated rings. The van der Waals surface area contributed by atoms with E-state index in [1.165, 1.54) is 0 Å². The van der Waals surface area contributed by atoms with Gasteiger partial charge in [-0.2, -0.15) is 0 Å². The van der Waals surface area contributed by atoms with Crippen LogP contribution in [0.15, 0.2) is 24.3 Å². The fourth-order valence-electron chi connectivity index (χ4n) is 1.77. The molecule has 4 heteroatoms. The summed E-state index contributed by atoms with van der Waals surface area (Å²) in [7, 11) is 0. The Balaban J connectivity index is 2.42. The van der Waals surface area contributed by atoms with E-state index in [9.17, 15) is 4.79 Å². The number of halogens is 1. The number of nitrogens with two attached hydrogens (primary N) is 1. The molecule has 3 nitrogen and oxygen atoms in total. The summed E-state index contributed by atoms with van der Waals surface area (Å²) in [5.74, 6) is 0.0175. The van der Waals surface area contributed by atoms with Crippen LogP contribution in [0.3, 0.4) is 0 Å². The van der Waals surface area contributed by atoms with Crippen LogP contribution in [0.2, 0.25) is 5.02 Å². The van der Waals surface area contributed by atoms with Crippen molar-refractivity contribution in [2.24, 2.45) is 5.73 Å². The Morgan fingerprint density at radius 1 is 1.39 bits per heavy atom. The zero-order valence-electron chi connectivity index (χ0n) is 10.8. The number of hydrogen-bond acceptors (Lipinski definition) is 2. The van der Waals surface area contributed by atoms with Crippen LogP contribution in [-0.2, 0) is 11.2 Å². The Morgan fingerprint density at radius 2 is 2.06 bits per heavy atom. The van der Waals surface area contributed by atoms with Crippen LogP contribution in [0.25, 0.3) is 0 Å². The molecular weight excluding hydrogens is 248 g/mol. The van der Waals surface area contributed by atoms with Gasteiger partial charge in [0.2, 0.25) is 5.91 Å². The summed E-state index contributed by atoms with van der Waals surface area (Å²) in [6.07, 6.45) is 3.52. The van der Waals surface area contributed by atoms with E-state index in [-0.39, 0.29) is 11.9 Å². The second-order valence-electron chi connectivity index (χ2n) is 4.45. The van der Waals surface area contributed by atoms with E-state index in [2.05, 4.69) is 12.2 Å². The number of benzene rings is 1. The van der Waals surface area contributed by atoms with Gasteiger partial charge in [-0.1, -0.05) is 43.5 Å². The molecule has 0 bridgehead atoms. The SMILES string of the molecule is CCCCC(CN)NC(=O)Cc1ccc(Cl)cc1. The molecule has 1 amide bonds. The lowest BCUT2D eigenvalue weighted by Gasteiger charge is -2.16. The van der Waals surface area contributed by atoms with Crippen LogP contribution in [0, 0.1) is 0 Å². The maximum Gasteiger partial charge on any atom is 0.224 e. The molecule has 100 valence electrons. The fraction of sp³-hybridized carbons (Fsp3) is 0.500. The average molecular weight is 269 g/mol. The Labute approximate surface area is 114 Å². The first kappa shape index (κ1) is 15.0. The van der Waals surface area contributed by atoms with E-state index in [0.29, 0.717) is 18.0 Å². The van der Waals surface area contributed by atoms with Gasteiger partial charge in [-0.25, -0.2) is 0 Å². The highest BCUT2D eigenvalue weighted by Gasteiger charge is 2.10. The van der Waals surface area contributed by atoms with Gasteiger partial charge >= 0.3 is 0 Å². The van der Waals surface area contributed by atoms with E-state index in [1.807, 2.05) is 12.1 Å². The van der Waals surface area contributed by atoms with Crippen LogP contribution < -0.4 is 11.1 Å². The molecule has 1 unspecified atom stereocenters. The number of hydrogen-bond donors (Lipinski definition) is 2. The molecule has 0 aromatic heterocycles. The topological polar surface area (TPSA) is 55.1 Å². The summed E-state index contributed by atoms with van der Waals surface area (Å²) >= 11 is 5.80. The number of unbranched alkanes of at least 4 members (excludes halogenated alkanes) is 1. The molecule has 18 heavy (non-hydrogen) atoms. The highest BCUT2D eigenvalue weighted by molar-refractivity contribution is 6.30. The minimum atomic E-state index is 0.0175. The van der Waals surface area contributed by atoms with Crippen molar-refractivity contribution < 1.29 is 4.79 Å². The van der Waals surface area contributed by atoms with E-state index in [0.717, 1.165) is 24.8 Å². The van der Waals surface area contributed by atoms with Gasteiger partial charge in [-0.15, -0.1) is 0 Å². The lowest BCUT2D eigenvalue weighted by Crippen LogP contribution is -2.40. The maximum atomic E-state index is 11.8. The van der Waals surface area contributed by atoms with Gasteiger partial charge in [-0.05, 0) is 24.1 Å². The summed E-state index contributed by atoms with van der Waals surface area (Å²) in [4.78, 5) is 11.8. The molecular formula is C14H21ClN2O. The molecule has 3 N–H and O–H groups in total. The fourth-order valence-corrected chi connectivity index (χ4v) is 1.89. The van der Waals surface area contributed by atoms with E-state index in [1.54, 1.807) is 12.1 Å². The number of carbonyl (C=O) groups excluding carboxylic acids is 1. The molecule has 1 aromatic carbocycles. The Kier molecular flexibility index (Phi) is 6.76. The molecule has 0 aliphatic rings. The lowest BCUT2D eigenvalue weighted by molar-refractivity contribution is -0.121. The Hall–Kier alpha value is -1.06. The van der Waals surface area contributed by atoms with Crippen molar-refractivity contribution in [1.82, 2.24) is 5.32 Å². The molecule has 0 spiro atoms. The minimum absolute atomic E-state index is 0.0175. The predicted molar refractivity (Wildman–Crippen MR) is 75.7 cm³/mol. The smallest absolute Gasteiger partial charge is 0.224 e. The average Bonchev–Trinajstić information content (AvgIpc) is 2.37. The quantitative estimate of drug-likeness (QED) is 0.798. The summed E-state index contributed by atoms with van der Waals surface area (Å²) in [5, 5.41) is 3.65. The summed E-state index contributed by atoms with van der Waals surface area (Å²) < 4.78 is 0. The second kappa shape index (κ2) is 8.11. The van der Waals surface area contributed by atoms with E-state index < -0.39 is 0 Å². The summed E-state index contributed by atoms with van der Waals surface area (Å²) in [6, 6.07) is 7.41. The molecule has 0 aliphatic carbocycles. The monoisotopic (exact) mass is 268 g/mol. The first-order chi connectivity index (χ1) is 8.65. The van der Waals surface area contributed by atoms with Crippen LogP contribution in [0.1, 0.15) is 31.7 Å². The largest absolute Gasteiger partial charge is 0.352 e. The van der Waals surface area contributed by atoms with E-state index in [4.69, 9.17) is 17.3 Å². The third-order valence-corrected chi connectivity index (χ3v) is 3.09. The highest BCUT2D eigenvalue weighted by Crippen LogP contribution is 2.10. The van der Waals surface area contributed by atoms with Crippen LogP contribution in [0.5, 0.6) is 0 Å². The van der Waals surface area contributed by atoms with Gasteiger partial charge in [-0.3, -0.25) is 4.79 Å². The molecule has 0 radical (unpaired) electrons. The van der Waals surface area contributed by atoms with Gasteiger partial charge in [0.1, 0.15) is 0 Å². The third kappa shape index (κ3) is 5.52. The van der Waals surface area contributed by atoms with E-state index >= 15 is 0 Å². The van der Waals surface area contributed by atoms with Crippen LogP contribution in [0.4, 0.5) is 0 Å². The maximum absolute atomic E-state index is 11.8. The van der Waals surface area contributed by atoms with Crippen LogP contribution >= 0.6 is 11.6 Å². The predicted octanol–water partition coefficient (Wildman–Crippen LogP) is 2.52. The van der Waals surface area contributed by atoms with Crippen molar-refractivity contribution in [3.63, 3.8) is 0 Å². The van der Waals surface area contributed by atoms with Gasteiger partial charge < -0.3 is 11.1 Å². The van der Waals surface area contributed by atoms with Gasteiger partial charge in [0.05, 0.1) is 6.42 Å². The van der Waals surface area contributed by atoms with Gasteiger partial charge in [0, 0.05) is 17.6 Å². The summed E-state index contributed by atoms with van der Waals surface area (Å²) in [6.45, 7) is 2.62. The molecule has 0 aliphatic heterocycles. The van der Waals surface area contributed by atoms with Crippen molar-refractivity contribution in [3.8, 4) is 0 Å². The molecule has 1 atom stereocenters. The summed E-state index contributed by atoms with van der Waals surface area (Å²) in [5.41, 5.74) is 6.60. The van der Waals surface area contributed by atoms with Crippen molar-refractivity contribution >= 4 is 17.5 Å². The lowest BCUT2D eigenvalue weighted by atomic mass is 10.1. The number of amides is 1. The molecule has 0 heterocycles. The first-order valence-corrected chi connectivity index (χ1v) is 6.77. The molecule has 0 saturated carbocycles. The number of carbonyl (C=O) groups is 1. The third-order valence-electron chi connectivity index (χ3n) is 2.83. The van der Waals surface area contributed by atoms with Crippen molar-refractivity contribution in [3.05, 3.63) is 34.9 Å². The van der Waals surface area contributed by atoms with Crippen molar-refractivity contribution in [1.29, 1.82) is 0 Å². The Bertz CT molecular complexity index is 365. The zero-order valence-corrected chi connectivity index (χ0v) is 11.5. The molecule has 0 saturated heterocycles. The second-order valence-corrected chi connectivity index (χ2v) is 4.88. The molecule has 1 aromatic rings. The van der Waals surface area contributed by atoms with Crippen LogP contribution in [-0.4, -0.2) is 18.5 Å². The first-order valence-electron chi connectivity index (χ1n) is 6.39. The zero-order chi connectivity index (χ0) is 13.4. The number of rotatable bonds is 7. The van der Waals surface area contributed by atoms with Crippen molar-refractivity contribution in [2.75, 3.05) is 6.54 Å². The Morgan fingerprint density at radius 3 is 2.61 bits per heavy atom. The van der Waals surface area contributed by atoms with Crippen molar-refractivity contribution in [2.45, 2.75) is 38.6 Å². The highest BCUT2D eigenvalue weighted by atomic mass is 35.5. The standard InChI is InChI=1S/C14H21ClN2O/c1-2-3-4-13(10-16)17-14(18)9-11-5-7-12(15)8-6-11/h5-8,13H,2-4,9-10,16H2,1H3,(H,17,18). The van der Waals surface area contributed by atoms with Gasteiger partial charge in [0.15, 0.2) is 0 Å². The van der Waals surface area contributed by atoms with Gasteiger partial charge in [0.25, 0.3) is 0 Å². The minimum Gasteiger partial charge on any atom is -0.352 e. The number of nitrogens with one attached hydrogen (secondary N) is 1. The normalized spacial score (nSPS) is 12.2.